The molecule has 0 unspecified atom stereocenters. The summed E-state index contributed by atoms with van der Waals surface area (Å²) in [6.07, 6.45) is 3.15. The lowest BCUT2D eigenvalue weighted by molar-refractivity contribution is -0.0182. The van der Waals surface area contributed by atoms with E-state index in [4.69, 9.17) is 18.9 Å². The molecule has 38 heavy (non-hydrogen) atoms. The van der Waals surface area contributed by atoms with Gasteiger partial charge in [0.1, 0.15) is 17.7 Å². The minimum absolute atomic E-state index is 0.0107. The average Bonchev–Trinajstić information content (AvgIpc) is 3.43. The van der Waals surface area contributed by atoms with Crippen LogP contribution in [0.1, 0.15) is 72.0 Å². The van der Waals surface area contributed by atoms with Crippen LogP contribution in [0.25, 0.3) is 11.2 Å². The minimum atomic E-state index is -1.86. The van der Waals surface area contributed by atoms with Crippen molar-refractivity contribution in [3.05, 3.63) is 48.0 Å². The monoisotopic (exact) mass is 539 g/mol. The third-order valence-corrected chi connectivity index (χ3v) is 11.6. The molecule has 0 saturated carbocycles. The fourth-order valence-corrected chi connectivity index (χ4v) is 5.08. The summed E-state index contributed by atoms with van der Waals surface area (Å²) in [5.41, 5.74) is 1.55. The van der Waals surface area contributed by atoms with Gasteiger partial charge in [-0.3, -0.25) is 9.88 Å². The van der Waals surface area contributed by atoms with Crippen molar-refractivity contribution in [1.82, 2.24) is 19.5 Å². The van der Waals surface area contributed by atoms with Crippen LogP contribution in [0.15, 0.2) is 36.7 Å². The van der Waals surface area contributed by atoms with Gasteiger partial charge in [-0.1, -0.05) is 51.1 Å². The molecule has 9 nitrogen and oxygen atoms in total. The molecule has 0 aliphatic carbocycles. The molecule has 0 radical (unpaired) electrons. The number of amides is 1. The Bertz CT molecular complexity index is 1260. The van der Waals surface area contributed by atoms with Crippen LogP contribution < -0.4 is 5.32 Å². The van der Waals surface area contributed by atoms with E-state index in [1.54, 1.807) is 6.33 Å². The van der Waals surface area contributed by atoms with E-state index in [1.165, 1.54) is 0 Å². The molecule has 1 aliphatic rings. The topological polar surface area (TPSA) is 100 Å². The van der Waals surface area contributed by atoms with Crippen LogP contribution in [0.5, 0.6) is 0 Å². The van der Waals surface area contributed by atoms with Crippen molar-refractivity contribution in [3.8, 4) is 0 Å². The van der Waals surface area contributed by atoms with Gasteiger partial charge in [-0.15, -0.1) is 0 Å². The Morgan fingerprint density at radius 3 is 2.47 bits per heavy atom. The average molecular weight is 540 g/mol. The van der Waals surface area contributed by atoms with Crippen LogP contribution in [0.4, 0.5) is 10.6 Å². The fraction of sp³-hybridized carbons (Fsp3) is 0.571. The van der Waals surface area contributed by atoms with Crippen LogP contribution in [0.3, 0.4) is 0 Å². The molecule has 4 rings (SSSR count). The number of carbonyl (C=O) groups excluding carboxylic acids is 1. The summed E-state index contributed by atoms with van der Waals surface area (Å²) in [4.78, 5) is 26.7. The zero-order chi connectivity index (χ0) is 27.7. The number of nitrogens with one attached hydrogen (secondary N) is 1. The third kappa shape index (κ3) is 6.78. The van der Waals surface area contributed by atoms with Crippen molar-refractivity contribution >= 4 is 31.4 Å². The number of aromatic nitrogens is 4. The first kappa shape index (κ1) is 28.2. The van der Waals surface area contributed by atoms with Gasteiger partial charge in [0, 0.05) is 6.42 Å². The van der Waals surface area contributed by atoms with Crippen molar-refractivity contribution in [1.29, 1.82) is 0 Å². The Hall–Kier alpha value is -2.82. The Labute approximate surface area is 226 Å². The number of carbonyl (C=O) groups is 1. The van der Waals surface area contributed by atoms with Gasteiger partial charge in [-0.2, -0.15) is 0 Å². The molecule has 0 bridgehead atoms. The zero-order valence-corrected chi connectivity index (χ0v) is 24.9. The quantitative estimate of drug-likeness (QED) is 0.344. The van der Waals surface area contributed by atoms with E-state index in [0.717, 1.165) is 18.4 Å². The maximum atomic E-state index is 12.6. The molecule has 206 valence electrons. The number of anilines is 1. The fourth-order valence-electron chi connectivity index (χ4n) is 4.05. The number of nitrogens with zero attached hydrogens (tertiary/aromatic N) is 4. The number of benzene rings is 1. The molecule has 1 fully saturated rings. The molecule has 2 aromatic heterocycles. The second-order valence-electron chi connectivity index (χ2n) is 12.5. The van der Waals surface area contributed by atoms with Gasteiger partial charge in [0.2, 0.25) is 0 Å². The molecule has 1 saturated heterocycles. The van der Waals surface area contributed by atoms with E-state index >= 15 is 0 Å². The Balaban J connectivity index is 1.59. The van der Waals surface area contributed by atoms with Crippen LogP contribution in [0.2, 0.25) is 18.1 Å². The van der Waals surface area contributed by atoms with Crippen LogP contribution in [-0.2, 0) is 20.3 Å². The van der Waals surface area contributed by atoms with Crippen LogP contribution in [0, 0.1) is 0 Å². The van der Waals surface area contributed by atoms with Crippen molar-refractivity contribution in [2.75, 3.05) is 11.9 Å². The number of hydrogen-bond donors (Lipinski definition) is 1. The summed E-state index contributed by atoms with van der Waals surface area (Å²) in [6.45, 7) is 17.3. The molecule has 1 aromatic carbocycles. The van der Waals surface area contributed by atoms with E-state index in [-0.39, 0.29) is 17.4 Å². The molecule has 1 N–H and O–H groups in total. The molecule has 3 aromatic rings. The Kier molecular flexibility index (Phi) is 7.97. The van der Waals surface area contributed by atoms with Gasteiger partial charge < -0.3 is 13.9 Å². The predicted molar refractivity (Wildman–Crippen MR) is 151 cm³/mol. The molecular formula is C28H41N5O4Si. The summed E-state index contributed by atoms with van der Waals surface area (Å²) in [7, 11) is -1.86. The minimum Gasteiger partial charge on any atom is -0.444 e. The molecule has 0 spiro atoms. The maximum Gasteiger partial charge on any atom is 0.413 e. The molecular weight excluding hydrogens is 498 g/mol. The molecule has 3 heterocycles. The number of fused-ring (bicyclic) bond motifs is 1. The summed E-state index contributed by atoms with van der Waals surface area (Å²) in [5.74, 6) is 0.900. The largest absolute Gasteiger partial charge is 0.444 e. The Morgan fingerprint density at radius 1 is 1.11 bits per heavy atom. The van der Waals surface area contributed by atoms with E-state index in [2.05, 4.69) is 49.1 Å². The van der Waals surface area contributed by atoms with E-state index < -0.39 is 20.0 Å². The lowest BCUT2D eigenvalue weighted by Crippen LogP contribution is -2.42. The first-order valence-corrected chi connectivity index (χ1v) is 16.2. The summed E-state index contributed by atoms with van der Waals surface area (Å²) in [6, 6.07) is 9.99. The van der Waals surface area contributed by atoms with Crippen molar-refractivity contribution in [2.45, 2.75) is 96.9 Å². The lowest BCUT2D eigenvalue weighted by Gasteiger charge is -2.36. The number of hydrogen-bond acceptors (Lipinski definition) is 7. The molecule has 2 atom stereocenters. The van der Waals surface area contributed by atoms with Gasteiger partial charge in [-0.25, -0.2) is 19.7 Å². The van der Waals surface area contributed by atoms with Crippen molar-refractivity contribution in [3.63, 3.8) is 0 Å². The highest BCUT2D eigenvalue weighted by Crippen LogP contribution is 2.38. The second kappa shape index (κ2) is 10.7. The van der Waals surface area contributed by atoms with E-state index in [9.17, 15) is 4.79 Å². The predicted octanol–water partition coefficient (Wildman–Crippen LogP) is 6.46. The van der Waals surface area contributed by atoms with Gasteiger partial charge in [0.05, 0.1) is 19.0 Å². The normalized spacial score (nSPS) is 18.6. The summed E-state index contributed by atoms with van der Waals surface area (Å²) < 4.78 is 20.2. The van der Waals surface area contributed by atoms with Crippen molar-refractivity contribution in [2.24, 2.45) is 0 Å². The highest BCUT2D eigenvalue weighted by molar-refractivity contribution is 6.74. The summed E-state index contributed by atoms with van der Waals surface area (Å²) in [5, 5.41) is 2.94. The molecule has 1 aliphatic heterocycles. The number of rotatable bonds is 7. The number of ether oxygens (including phenoxy) is 2. The third-order valence-electron chi connectivity index (χ3n) is 7.12. The first-order chi connectivity index (χ1) is 17.7. The van der Waals surface area contributed by atoms with Gasteiger partial charge in [-0.05, 0) is 57.3 Å². The second-order valence-corrected chi connectivity index (χ2v) is 17.3. The van der Waals surface area contributed by atoms with Crippen LogP contribution >= 0.6 is 0 Å². The van der Waals surface area contributed by atoms with Gasteiger partial charge in [0.15, 0.2) is 25.3 Å². The number of imidazole rings is 1. The zero-order valence-electron chi connectivity index (χ0n) is 23.9. The molecule has 1 amide bonds. The first-order valence-electron chi connectivity index (χ1n) is 13.3. The Morgan fingerprint density at radius 2 is 1.82 bits per heavy atom. The van der Waals surface area contributed by atoms with Gasteiger partial charge >= 0.3 is 6.09 Å². The van der Waals surface area contributed by atoms with Crippen LogP contribution in [-0.4, -0.2) is 52.2 Å². The smallest absolute Gasteiger partial charge is 0.413 e. The standard InChI is InChI=1S/C28H41N5O4Si/c1-27(2,3)37-26(34)32-24-23-25(31-21(30-24)16-19-12-10-9-11-13-19)33(18-29-23)22-15-14-20(36-22)17-35-38(7,8)28(4,5)6/h9-13,18,20,22H,14-17H2,1-8H3,(H,30,31,32,34)/t20-,22+/m0/s1. The highest BCUT2D eigenvalue weighted by Gasteiger charge is 2.39. The maximum absolute atomic E-state index is 12.6. The highest BCUT2D eigenvalue weighted by atomic mass is 28.4. The summed E-state index contributed by atoms with van der Waals surface area (Å²) >= 11 is 0. The van der Waals surface area contributed by atoms with E-state index in [1.807, 2.05) is 55.7 Å². The van der Waals surface area contributed by atoms with Gasteiger partial charge in [0.25, 0.3) is 0 Å². The SMILES string of the molecule is CC(C)(C)OC(=O)Nc1nc(Cc2ccccc2)nc2c1ncn2[C@H]1CC[C@@H](CO[Si](C)(C)C(C)(C)C)O1. The van der Waals surface area contributed by atoms with Crippen molar-refractivity contribution < 1.29 is 18.7 Å². The lowest BCUT2D eigenvalue weighted by atomic mass is 10.1. The van der Waals surface area contributed by atoms with E-state index in [0.29, 0.717) is 35.8 Å². The molecule has 10 heteroatoms.